The highest BCUT2D eigenvalue weighted by atomic mass is 16.3. The molecule has 3 heterocycles. The Balaban J connectivity index is 1.58. The summed E-state index contributed by atoms with van der Waals surface area (Å²) in [4.78, 5) is 33.9. The Labute approximate surface area is 177 Å². The number of imidazole rings is 1. The quantitative estimate of drug-likeness (QED) is 0.395. The van der Waals surface area contributed by atoms with Gasteiger partial charge in [0.05, 0.1) is 23.9 Å². The van der Waals surface area contributed by atoms with Crippen molar-refractivity contribution in [1.82, 2.24) is 34.8 Å². The largest absolute Gasteiger partial charge is 0.389 e. The van der Waals surface area contributed by atoms with Gasteiger partial charge in [-0.25, -0.2) is 24.9 Å². The van der Waals surface area contributed by atoms with Crippen molar-refractivity contribution in [2.24, 2.45) is 11.3 Å². The van der Waals surface area contributed by atoms with Gasteiger partial charge >= 0.3 is 0 Å². The topological polar surface area (TPSA) is 151 Å². The van der Waals surface area contributed by atoms with Crippen molar-refractivity contribution in [2.45, 2.75) is 24.7 Å². The van der Waals surface area contributed by atoms with E-state index >= 15 is 0 Å². The lowest BCUT2D eigenvalue weighted by Crippen LogP contribution is -2.41. The van der Waals surface area contributed by atoms with Crippen LogP contribution >= 0.6 is 0 Å². The van der Waals surface area contributed by atoms with Crippen molar-refractivity contribution in [3.05, 3.63) is 36.4 Å². The van der Waals surface area contributed by atoms with Gasteiger partial charge in [0.1, 0.15) is 6.10 Å². The Morgan fingerprint density at radius 1 is 1.16 bits per heavy atom. The number of carbonyl (C=O) groups excluding carboxylic acids is 1. The molecule has 1 amide bonds. The fraction of sp³-hybridized carbons (Fsp3) is 0.400. The first-order chi connectivity index (χ1) is 15.0. The molecule has 0 radical (unpaired) electrons. The molecule has 31 heavy (non-hydrogen) atoms. The zero-order valence-corrected chi connectivity index (χ0v) is 16.8. The second-order valence-electron chi connectivity index (χ2n) is 7.65. The summed E-state index contributed by atoms with van der Waals surface area (Å²) in [5.74, 6) is 6.23. The average molecular weight is 420 g/mol. The van der Waals surface area contributed by atoms with Crippen LogP contribution in [0.1, 0.15) is 24.1 Å². The molecule has 0 spiro atoms. The maximum atomic E-state index is 12.4. The summed E-state index contributed by atoms with van der Waals surface area (Å²) in [6.07, 6.45) is 2.93. The molecule has 0 saturated heterocycles. The third-order valence-corrected chi connectivity index (χ3v) is 6.15. The van der Waals surface area contributed by atoms with Crippen LogP contribution in [0.4, 0.5) is 5.82 Å². The van der Waals surface area contributed by atoms with Crippen molar-refractivity contribution in [1.29, 1.82) is 0 Å². The predicted molar refractivity (Wildman–Crippen MR) is 109 cm³/mol. The third-order valence-electron chi connectivity index (χ3n) is 6.15. The van der Waals surface area contributed by atoms with E-state index in [4.69, 9.17) is 0 Å². The molecule has 2 aliphatic rings. The molecule has 0 aromatic carbocycles. The first kappa shape index (κ1) is 19.3. The summed E-state index contributed by atoms with van der Waals surface area (Å²) in [5.41, 5.74) is -0.0287. The molecular weight excluding hydrogens is 400 g/mol. The molecule has 11 heteroatoms. The number of carbonyl (C=O) groups is 1. The lowest BCUT2D eigenvalue weighted by atomic mass is 9.98. The van der Waals surface area contributed by atoms with E-state index < -0.39 is 23.7 Å². The molecule has 2 fully saturated rings. The highest BCUT2D eigenvalue weighted by Gasteiger charge is 2.75. The second kappa shape index (κ2) is 6.97. The van der Waals surface area contributed by atoms with E-state index in [0.29, 0.717) is 29.2 Å². The number of nitrogens with zero attached hydrogens (tertiary/aromatic N) is 6. The smallest absolute Gasteiger partial charge is 0.229 e. The van der Waals surface area contributed by atoms with Crippen molar-refractivity contribution in [3.8, 4) is 11.8 Å². The number of aliphatic hydroxyl groups is 2. The molecule has 2 aliphatic carbocycles. The lowest BCUT2D eigenvalue weighted by Gasteiger charge is -2.23. The van der Waals surface area contributed by atoms with Gasteiger partial charge < -0.3 is 25.4 Å². The van der Waals surface area contributed by atoms with Gasteiger partial charge in [-0.1, -0.05) is 0 Å². The van der Waals surface area contributed by atoms with Gasteiger partial charge in [-0.05, 0) is 24.3 Å². The maximum Gasteiger partial charge on any atom is 0.229 e. The molecule has 11 nitrogen and oxygen atoms in total. The van der Waals surface area contributed by atoms with Crippen LogP contribution in [0.15, 0.2) is 24.8 Å². The van der Waals surface area contributed by atoms with Crippen LogP contribution in [-0.4, -0.2) is 71.9 Å². The van der Waals surface area contributed by atoms with Crippen LogP contribution < -0.4 is 10.6 Å². The predicted octanol–water partition coefficient (Wildman–Crippen LogP) is -0.913. The summed E-state index contributed by atoms with van der Waals surface area (Å²) in [6.45, 7) is 0. The standard InChI is InChI=1S/C20H20N8O3/c1-21-17-13-18(27-12(26-17)5-4-11-23-6-3-7-24-11)28(9-25-13)14-10-8-20(10,19(31)22-2)16(30)15(14)29/h3,6-7,9-10,14-16,29-30H,8H2,1-2H3,(H,22,31)(H,21,26,27)/t10?,14-,15+,16?,20-/m1/s1. The van der Waals surface area contributed by atoms with Crippen LogP contribution in [0.5, 0.6) is 0 Å². The van der Waals surface area contributed by atoms with Gasteiger partial charge in [0.15, 0.2) is 17.0 Å². The monoisotopic (exact) mass is 420 g/mol. The second-order valence-corrected chi connectivity index (χ2v) is 7.65. The van der Waals surface area contributed by atoms with Crippen molar-refractivity contribution >= 4 is 22.9 Å². The summed E-state index contributed by atoms with van der Waals surface area (Å²) in [7, 11) is 3.24. The first-order valence-electron chi connectivity index (χ1n) is 9.81. The number of aromatic nitrogens is 6. The Morgan fingerprint density at radius 3 is 2.61 bits per heavy atom. The third kappa shape index (κ3) is 2.76. The highest BCUT2D eigenvalue weighted by Crippen LogP contribution is 2.67. The highest BCUT2D eigenvalue weighted by molar-refractivity contribution is 5.88. The minimum Gasteiger partial charge on any atom is -0.389 e. The number of hydrogen-bond donors (Lipinski definition) is 4. The van der Waals surface area contributed by atoms with E-state index in [1.807, 2.05) is 0 Å². The zero-order valence-electron chi connectivity index (χ0n) is 16.8. The van der Waals surface area contributed by atoms with Crippen LogP contribution in [0.3, 0.4) is 0 Å². The molecule has 3 aromatic rings. The first-order valence-corrected chi connectivity index (χ1v) is 9.81. The molecule has 5 atom stereocenters. The molecule has 2 saturated carbocycles. The Morgan fingerprint density at radius 2 is 1.90 bits per heavy atom. The number of fused-ring (bicyclic) bond motifs is 2. The van der Waals surface area contributed by atoms with E-state index in [2.05, 4.69) is 47.4 Å². The Bertz CT molecular complexity index is 1230. The van der Waals surface area contributed by atoms with E-state index in [-0.39, 0.29) is 17.6 Å². The molecule has 2 unspecified atom stereocenters. The minimum absolute atomic E-state index is 0.227. The number of nitrogens with one attached hydrogen (secondary N) is 2. The Hall–Kier alpha value is -3.62. The van der Waals surface area contributed by atoms with Gasteiger partial charge in [-0.3, -0.25) is 4.79 Å². The molecule has 0 bridgehead atoms. The van der Waals surface area contributed by atoms with Crippen LogP contribution in [-0.2, 0) is 4.79 Å². The Kier molecular flexibility index (Phi) is 4.35. The summed E-state index contributed by atoms with van der Waals surface area (Å²) >= 11 is 0. The van der Waals surface area contributed by atoms with Crippen molar-refractivity contribution < 1.29 is 15.0 Å². The van der Waals surface area contributed by atoms with E-state index in [1.54, 1.807) is 36.4 Å². The number of anilines is 1. The molecule has 3 aromatic heterocycles. The average Bonchev–Trinajstić information content (AvgIpc) is 3.34. The molecule has 0 aliphatic heterocycles. The van der Waals surface area contributed by atoms with Crippen molar-refractivity contribution in [2.75, 3.05) is 19.4 Å². The maximum absolute atomic E-state index is 12.4. The van der Waals surface area contributed by atoms with Gasteiger partial charge in [0.2, 0.25) is 17.6 Å². The van der Waals surface area contributed by atoms with E-state index in [0.717, 1.165) is 0 Å². The van der Waals surface area contributed by atoms with Crippen molar-refractivity contribution in [3.63, 3.8) is 0 Å². The van der Waals surface area contributed by atoms with Gasteiger partial charge in [0.25, 0.3) is 0 Å². The molecule has 158 valence electrons. The minimum atomic E-state index is -1.17. The lowest BCUT2D eigenvalue weighted by molar-refractivity contribution is -0.132. The molecular formula is C20H20N8O3. The van der Waals surface area contributed by atoms with Gasteiger partial charge in [-0.2, -0.15) is 0 Å². The normalized spacial score (nSPS) is 28.5. The van der Waals surface area contributed by atoms with Crippen LogP contribution in [0.25, 0.3) is 11.2 Å². The van der Waals surface area contributed by atoms with Gasteiger partial charge in [-0.15, -0.1) is 0 Å². The molecule has 5 rings (SSSR count). The van der Waals surface area contributed by atoms with Crippen LogP contribution in [0, 0.1) is 23.2 Å². The van der Waals surface area contributed by atoms with Gasteiger partial charge in [0, 0.05) is 32.4 Å². The number of aliphatic hydroxyl groups excluding tert-OH is 2. The van der Waals surface area contributed by atoms with Crippen LogP contribution in [0.2, 0.25) is 0 Å². The number of hydrogen-bond acceptors (Lipinski definition) is 9. The summed E-state index contributed by atoms with van der Waals surface area (Å²) in [6, 6.07) is 1.15. The summed E-state index contributed by atoms with van der Waals surface area (Å²) < 4.78 is 1.71. The number of rotatable bonds is 3. The van der Waals surface area contributed by atoms with E-state index in [9.17, 15) is 15.0 Å². The summed E-state index contributed by atoms with van der Waals surface area (Å²) in [5, 5.41) is 27.0. The SMILES string of the molecule is CNC(=O)[C@]12CC1[C@@H](n1cnc3c(NC)nc(C#Cc4ncccn4)nc31)[C@H](O)C2O. The van der Waals surface area contributed by atoms with E-state index in [1.165, 1.54) is 7.05 Å². The molecule has 4 N–H and O–H groups in total. The zero-order chi connectivity index (χ0) is 21.8. The number of amides is 1. The fourth-order valence-electron chi connectivity index (χ4n) is 4.63. The fourth-order valence-corrected chi connectivity index (χ4v) is 4.63.